The van der Waals surface area contributed by atoms with Gasteiger partial charge in [0.05, 0.1) is 17.7 Å². The lowest BCUT2D eigenvalue weighted by molar-refractivity contribution is -0.140. The highest BCUT2D eigenvalue weighted by Crippen LogP contribution is 2.42. The molecule has 0 fully saturated rings. The molecule has 1 aromatic carbocycles. The summed E-state index contributed by atoms with van der Waals surface area (Å²) in [6, 6.07) is 11.7. The summed E-state index contributed by atoms with van der Waals surface area (Å²) in [5, 5.41) is 10.6. The number of ether oxygens (including phenoxy) is 2. The van der Waals surface area contributed by atoms with Crippen molar-refractivity contribution in [1.82, 2.24) is 10.3 Å². The van der Waals surface area contributed by atoms with Gasteiger partial charge in [-0.05, 0) is 30.4 Å². The number of carbonyl (C=O) groups is 2. The van der Waals surface area contributed by atoms with E-state index in [0.29, 0.717) is 5.76 Å². The minimum absolute atomic E-state index is 0.225. The number of amides is 1. The molecule has 7 nitrogen and oxygen atoms in total. The third kappa shape index (κ3) is 5.03. The Morgan fingerprint density at radius 3 is 2.68 bits per heavy atom. The molecule has 1 amide bonds. The van der Waals surface area contributed by atoms with E-state index in [4.69, 9.17) is 4.74 Å². The number of allylic oxidation sites excluding steroid dienone is 1. The predicted molar refractivity (Wildman–Crippen MR) is 122 cm³/mol. The van der Waals surface area contributed by atoms with E-state index >= 15 is 0 Å². The molecule has 0 saturated heterocycles. The van der Waals surface area contributed by atoms with Crippen LogP contribution in [-0.4, -0.2) is 36.8 Å². The zero-order valence-electron chi connectivity index (χ0n) is 17.8. The van der Waals surface area contributed by atoms with Gasteiger partial charge in [-0.1, -0.05) is 43.3 Å². The molecule has 162 valence electrons. The molecule has 8 heteroatoms. The van der Waals surface area contributed by atoms with Crippen LogP contribution in [0, 0.1) is 0 Å². The van der Waals surface area contributed by atoms with E-state index in [9.17, 15) is 9.59 Å². The standard InChI is InChI=1S/C23H25N3O4S/c1-4-9-18-22-17(12-13-31-22)21(30-15-16-10-7-6-8-11-16)20(26(18)25-5-2)23(28)24-14-19(27)29-3/h5-13H,4,14-15H2,1-3H3,(H,24,28)/b18-9+,25-5-. The molecular formula is C23H25N3O4S. The molecular weight excluding hydrogens is 414 g/mol. The van der Waals surface area contributed by atoms with Gasteiger partial charge in [-0.25, -0.2) is 5.01 Å². The molecule has 2 aromatic rings. The van der Waals surface area contributed by atoms with Gasteiger partial charge < -0.3 is 14.8 Å². The zero-order chi connectivity index (χ0) is 22.2. The van der Waals surface area contributed by atoms with Gasteiger partial charge in [0.25, 0.3) is 5.91 Å². The average Bonchev–Trinajstić information content (AvgIpc) is 3.28. The number of hydrazone groups is 1. The second-order valence-electron chi connectivity index (χ2n) is 6.56. The molecule has 0 saturated carbocycles. The molecule has 0 aliphatic carbocycles. The first-order chi connectivity index (χ1) is 15.1. The van der Waals surface area contributed by atoms with Crippen molar-refractivity contribution in [3.05, 3.63) is 69.6 Å². The Morgan fingerprint density at radius 1 is 1.23 bits per heavy atom. The topological polar surface area (TPSA) is 80.2 Å². The van der Waals surface area contributed by atoms with E-state index in [1.165, 1.54) is 7.11 Å². The lowest BCUT2D eigenvalue weighted by Crippen LogP contribution is -2.37. The van der Waals surface area contributed by atoms with Crippen molar-refractivity contribution in [2.45, 2.75) is 26.9 Å². The lowest BCUT2D eigenvalue weighted by atomic mass is 10.0. The van der Waals surface area contributed by atoms with Crippen molar-refractivity contribution in [3.63, 3.8) is 0 Å². The first-order valence-corrected chi connectivity index (χ1v) is 10.8. The highest BCUT2D eigenvalue weighted by atomic mass is 32.1. The van der Waals surface area contributed by atoms with Gasteiger partial charge in [0, 0.05) is 11.8 Å². The summed E-state index contributed by atoms with van der Waals surface area (Å²) < 4.78 is 10.8. The molecule has 0 atom stereocenters. The smallest absolute Gasteiger partial charge is 0.325 e. The largest absolute Gasteiger partial charge is 0.486 e. The van der Waals surface area contributed by atoms with Crippen LogP contribution in [0.25, 0.3) is 11.5 Å². The van der Waals surface area contributed by atoms with Gasteiger partial charge >= 0.3 is 5.97 Å². The van der Waals surface area contributed by atoms with Gasteiger partial charge in [-0.3, -0.25) is 9.59 Å². The maximum Gasteiger partial charge on any atom is 0.325 e. The molecule has 0 unspecified atom stereocenters. The zero-order valence-corrected chi connectivity index (χ0v) is 18.6. The van der Waals surface area contributed by atoms with Crippen molar-refractivity contribution in [2.24, 2.45) is 5.10 Å². The van der Waals surface area contributed by atoms with Crippen molar-refractivity contribution < 1.29 is 19.1 Å². The fraction of sp³-hybridized carbons (Fsp3) is 0.261. The van der Waals surface area contributed by atoms with Gasteiger partial charge in [0.1, 0.15) is 13.2 Å². The Bertz CT molecular complexity index is 1020. The molecule has 1 aliphatic rings. The second kappa shape index (κ2) is 10.6. The Labute approximate surface area is 185 Å². The maximum absolute atomic E-state index is 13.2. The number of methoxy groups -OCH3 is 1. The Kier molecular flexibility index (Phi) is 7.61. The number of nitrogens with zero attached hydrogens (tertiary/aromatic N) is 2. The van der Waals surface area contributed by atoms with E-state index in [1.54, 1.807) is 29.5 Å². The van der Waals surface area contributed by atoms with Crippen LogP contribution in [0.5, 0.6) is 0 Å². The van der Waals surface area contributed by atoms with E-state index in [1.807, 2.05) is 54.8 Å². The second-order valence-corrected chi connectivity index (χ2v) is 7.47. The van der Waals surface area contributed by atoms with Gasteiger partial charge in [-0.2, -0.15) is 5.10 Å². The summed E-state index contributed by atoms with van der Waals surface area (Å²) in [7, 11) is 1.27. The Balaban J connectivity index is 2.08. The molecule has 0 spiro atoms. The third-order valence-corrected chi connectivity index (χ3v) is 5.42. The molecule has 0 bridgehead atoms. The third-order valence-electron chi connectivity index (χ3n) is 4.49. The van der Waals surface area contributed by atoms with Crippen molar-refractivity contribution in [3.8, 4) is 0 Å². The number of hydrogen-bond donors (Lipinski definition) is 1. The Hall–Kier alpha value is -3.39. The van der Waals surface area contributed by atoms with E-state index < -0.39 is 11.9 Å². The van der Waals surface area contributed by atoms with Crippen LogP contribution in [0.2, 0.25) is 0 Å². The van der Waals surface area contributed by atoms with Crippen LogP contribution in [0.3, 0.4) is 0 Å². The Morgan fingerprint density at radius 2 is 2.00 bits per heavy atom. The first-order valence-electron chi connectivity index (χ1n) is 9.93. The number of thiophene rings is 1. The summed E-state index contributed by atoms with van der Waals surface area (Å²) in [4.78, 5) is 25.8. The maximum atomic E-state index is 13.2. The lowest BCUT2D eigenvalue weighted by Gasteiger charge is -2.31. The van der Waals surface area contributed by atoms with Crippen LogP contribution in [-0.2, 0) is 25.7 Å². The van der Waals surface area contributed by atoms with E-state index in [-0.39, 0.29) is 18.8 Å². The average molecular weight is 440 g/mol. The molecule has 0 radical (unpaired) electrons. The molecule has 1 aromatic heterocycles. The molecule has 1 aliphatic heterocycles. The quantitative estimate of drug-likeness (QED) is 0.497. The fourth-order valence-corrected chi connectivity index (χ4v) is 4.04. The first kappa shape index (κ1) is 22.3. The monoisotopic (exact) mass is 439 g/mol. The minimum Gasteiger partial charge on any atom is -0.486 e. The SMILES string of the molecule is C/C=N\N1C(C(=O)NCC(=O)OC)=C(OCc2ccccc2)c2ccsc2/C1=C\CC. The van der Waals surface area contributed by atoms with Crippen LogP contribution in [0.15, 0.2) is 58.7 Å². The highest BCUT2D eigenvalue weighted by Gasteiger charge is 2.35. The summed E-state index contributed by atoms with van der Waals surface area (Å²) in [6.45, 7) is 3.84. The number of benzene rings is 1. The number of nitrogens with one attached hydrogen (secondary N) is 1. The highest BCUT2D eigenvalue weighted by molar-refractivity contribution is 7.11. The normalized spacial score (nSPS) is 14.7. The van der Waals surface area contributed by atoms with E-state index in [0.717, 1.165) is 28.1 Å². The van der Waals surface area contributed by atoms with Gasteiger partial charge in [0.2, 0.25) is 0 Å². The van der Waals surface area contributed by atoms with Crippen LogP contribution in [0.4, 0.5) is 0 Å². The minimum atomic E-state index is -0.539. The number of hydrogen-bond acceptors (Lipinski definition) is 7. The molecule has 31 heavy (non-hydrogen) atoms. The van der Waals surface area contributed by atoms with E-state index in [2.05, 4.69) is 15.2 Å². The number of esters is 1. The molecule has 2 heterocycles. The molecule has 1 N–H and O–H groups in total. The fourth-order valence-electron chi connectivity index (χ4n) is 3.12. The number of fused-ring (bicyclic) bond motifs is 1. The van der Waals surface area contributed by atoms with Crippen molar-refractivity contribution in [2.75, 3.05) is 13.7 Å². The molecule has 3 rings (SSSR count). The van der Waals surface area contributed by atoms with Crippen molar-refractivity contribution >= 4 is 40.9 Å². The van der Waals surface area contributed by atoms with Gasteiger partial charge in [-0.15, -0.1) is 11.3 Å². The summed E-state index contributed by atoms with van der Waals surface area (Å²) in [6.07, 6.45) is 4.40. The summed E-state index contributed by atoms with van der Waals surface area (Å²) in [5.74, 6) is -0.596. The number of rotatable bonds is 8. The summed E-state index contributed by atoms with van der Waals surface area (Å²) in [5.41, 5.74) is 2.83. The van der Waals surface area contributed by atoms with Gasteiger partial charge in [0.15, 0.2) is 11.5 Å². The van der Waals surface area contributed by atoms with Crippen LogP contribution in [0.1, 0.15) is 36.3 Å². The number of carbonyl (C=O) groups excluding carboxylic acids is 2. The summed E-state index contributed by atoms with van der Waals surface area (Å²) >= 11 is 1.56. The predicted octanol–water partition coefficient (Wildman–Crippen LogP) is 3.99. The van der Waals surface area contributed by atoms with Crippen LogP contribution < -0.4 is 5.32 Å². The van der Waals surface area contributed by atoms with Crippen LogP contribution >= 0.6 is 11.3 Å². The van der Waals surface area contributed by atoms with Crippen molar-refractivity contribution in [1.29, 1.82) is 0 Å².